The first-order valence-corrected chi connectivity index (χ1v) is 5.72. The molecule has 15 heavy (non-hydrogen) atoms. The van der Waals surface area contributed by atoms with Gasteiger partial charge in [0.15, 0.2) is 0 Å². The minimum absolute atomic E-state index is 0.135. The van der Waals surface area contributed by atoms with E-state index >= 15 is 0 Å². The zero-order valence-electron chi connectivity index (χ0n) is 9.83. The van der Waals surface area contributed by atoms with E-state index in [0.717, 1.165) is 12.8 Å². The summed E-state index contributed by atoms with van der Waals surface area (Å²) in [5.74, 6) is -0.261. The Hall–Kier alpha value is -0.610. The molecule has 4 heteroatoms. The highest BCUT2D eigenvalue weighted by atomic mass is 16.1. The van der Waals surface area contributed by atoms with Gasteiger partial charge in [-0.2, -0.15) is 0 Å². The predicted octanol–water partition coefficient (Wildman–Crippen LogP) is 0.454. The smallest absolute Gasteiger partial charge is 0.231 e. The molecule has 1 aliphatic rings. The molecular weight excluding hydrogens is 190 g/mol. The molecular formula is C11H23N3O. The van der Waals surface area contributed by atoms with Gasteiger partial charge in [0.1, 0.15) is 0 Å². The van der Waals surface area contributed by atoms with Crippen molar-refractivity contribution in [3.63, 3.8) is 0 Å². The molecule has 1 amide bonds. The summed E-state index contributed by atoms with van der Waals surface area (Å²) in [4.78, 5) is 13.3. The number of nitrogens with two attached hydrogens (primary N) is 2. The Morgan fingerprint density at radius 3 is 2.33 bits per heavy atom. The lowest BCUT2D eigenvalue weighted by atomic mass is 9.99. The van der Waals surface area contributed by atoms with Gasteiger partial charge in [-0.05, 0) is 26.7 Å². The molecule has 0 spiro atoms. The normalized spacial score (nSPS) is 18.7. The summed E-state index contributed by atoms with van der Waals surface area (Å²) in [5, 5.41) is 0. The van der Waals surface area contributed by atoms with Gasteiger partial charge in [-0.1, -0.05) is 12.8 Å². The van der Waals surface area contributed by atoms with Crippen LogP contribution in [0.1, 0.15) is 39.5 Å². The molecule has 0 atom stereocenters. The molecule has 0 saturated heterocycles. The molecule has 0 heterocycles. The molecule has 0 unspecified atom stereocenters. The first-order valence-electron chi connectivity index (χ1n) is 5.72. The molecule has 4 nitrogen and oxygen atoms in total. The van der Waals surface area contributed by atoms with Crippen molar-refractivity contribution in [2.75, 3.05) is 13.1 Å². The Balaban J connectivity index is 2.71. The van der Waals surface area contributed by atoms with Crippen LogP contribution in [0.25, 0.3) is 0 Å². The molecule has 0 aromatic carbocycles. The van der Waals surface area contributed by atoms with E-state index in [1.165, 1.54) is 12.8 Å². The van der Waals surface area contributed by atoms with Gasteiger partial charge in [0.25, 0.3) is 0 Å². The van der Waals surface area contributed by atoms with Crippen LogP contribution in [0.3, 0.4) is 0 Å². The maximum atomic E-state index is 11.1. The van der Waals surface area contributed by atoms with Crippen LogP contribution in [0.2, 0.25) is 0 Å². The third-order valence-electron chi connectivity index (χ3n) is 3.37. The highest BCUT2D eigenvalue weighted by Gasteiger charge is 2.33. The summed E-state index contributed by atoms with van der Waals surface area (Å²) in [7, 11) is 0. The number of amides is 1. The van der Waals surface area contributed by atoms with Gasteiger partial charge in [0.05, 0.1) is 6.54 Å². The fourth-order valence-electron chi connectivity index (χ4n) is 2.34. The number of hydrogen-bond acceptors (Lipinski definition) is 3. The van der Waals surface area contributed by atoms with Gasteiger partial charge in [-0.25, -0.2) is 0 Å². The third-order valence-corrected chi connectivity index (χ3v) is 3.37. The maximum Gasteiger partial charge on any atom is 0.231 e. The van der Waals surface area contributed by atoms with Crippen molar-refractivity contribution in [1.82, 2.24) is 4.90 Å². The second kappa shape index (κ2) is 4.94. The monoisotopic (exact) mass is 213 g/mol. The van der Waals surface area contributed by atoms with Crippen molar-refractivity contribution >= 4 is 5.91 Å². The largest absolute Gasteiger partial charge is 0.369 e. The lowest BCUT2D eigenvalue weighted by Gasteiger charge is -2.41. The van der Waals surface area contributed by atoms with Crippen LogP contribution >= 0.6 is 0 Å². The number of hydrogen-bond donors (Lipinski definition) is 2. The Labute approximate surface area is 92.0 Å². The molecule has 4 N–H and O–H groups in total. The summed E-state index contributed by atoms with van der Waals surface area (Å²) < 4.78 is 0. The lowest BCUT2D eigenvalue weighted by molar-refractivity contribution is -0.121. The number of rotatable bonds is 5. The molecule has 1 saturated carbocycles. The first-order chi connectivity index (χ1) is 6.97. The molecule has 0 aromatic rings. The fourth-order valence-corrected chi connectivity index (χ4v) is 2.34. The molecule has 0 aromatic heterocycles. The summed E-state index contributed by atoms with van der Waals surface area (Å²) in [6.45, 7) is 5.04. The van der Waals surface area contributed by atoms with E-state index in [0.29, 0.717) is 19.1 Å². The quantitative estimate of drug-likeness (QED) is 0.696. The van der Waals surface area contributed by atoms with Crippen molar-refractivity contribution in [3.05, 3.63) is 0 Å². The number of carbonyl (C=O) groups is 1. The molecule has 0 aliphatic heterocycles. The fraction of sp³-hybridized carbons (Fsp3) is 0.909. The molecule has 1 aliphatic carbocycles. The summed E-state index contributed by atoms with van der Waals surface area (Å²) in [6.07, 6.45) is 4.83. The van der Waals surface area contributed by atoms with E-state index in [9.17, 15) is 4.79 Å². The highest BCUT2D eigenvalue weighted by Crippen LogP contribution is 2.28. The van der Waals surface area contributed by atoms with Crippen molar-refractivity contribution in [2.45, 2.75) is 51.1 Å². The van der Waals surface area contributed by atoms with Crippen LogP contribution in [-0.2, 0) is 4.79 Å². The average molecular weight is 213 g/mol. The predicted molar refractivity (Wildman–Crippen MR) is 61.3 cm³/mol. The van der Waals surface area contributed by atoms with E-state index in [2.05, 4.69) is 18.7 Å². The highest BCUT2D eigenvalue weighted by molar-refractivity contribution is 5.76. The standard InChI is InChI=1S/C11H23N3O/c1-11(2,8-12)14(7-10(13)15)9-5-3-4-6-9/h9H,3-8,12H2,1-2H3,(H2,13,15). The average Bonchev–Trinajstić information content (AvgIpc) is 2.66. The first kappa shape index (κ1) is 12.5. The van der Waals surface area contributed by atoms with Crippen LogP contribution in [0.4, 0.5) is 0 Å². The van der Waals surface area contributed by atoms with E-state index < -0.39 is 0 Å². The minimum Gasteiger partial charge on any atom is -0.369 e. The van der Waals surface area contributed by atoms with Crippen molar-refractivity contribution < 1.29 is 4.79 Å². The molecule has 1 rings (SSSR count). The van der Waals surface area contributed by atoms with Crippen LogP contribution < -0.4 is 11.5 Å². The van der Waals surface area contributed by atoms with Gasteiger partial charge in [-0.3, -0.25) is 9.69 Å². The van der Waals surface area contributed by atoms with Gasteiger partial charge >= 0.3 is 0 Å². The van der Waals surface area contributed by atoms with Crippen molar-refractivity contribution in [2.24, 2.45) is 11.5 Å². The van der Waals surface area contributed by atoms with Crippen molar-refractivity contribution in [1.29, 1.82) is 0 Å². The number of carbonyl (C=O) groups excluding carboxylic acids is 1. The van der Waals surface area contributed by atoms with Gasteiger partial charge in [0, 0.05) is 18.1 Å². The third kappa shape index (κ3) is 3.18. The van der Waals surface area contributed by atoms with Crippen LogP contribution in [-0.4, -0.2) is 35.5 Å². The van der Waals surface area contributed by atoms with Crippen LogP contribution in [0.5, 0.6) is 0 Å². The summed E-state index contributed by atoms with van der Waals surface area (Å²) in [6, 6.07) is 0.482. The number of primary amides is 1. The SMILES string of the molecule is CC(C)(CN)N(CC(N)=O)C1CCCC1. The Morgan fingerprint density at radius 1 is 1.40 bits per heavy atom. The second-order valence-corrected chi connectivity index (χ2v) is 5.05. The lowest BCUT2D eigenvalue weighted by Crippen LogP contribution is -2.56. The molecule has 0 bridgehead atoms. The van der Waals surface area contributed by atoms with E-state index in [4.69, 9.17) is 11.5 Å². The minimum atomic E-state index is -0.261. The van der Waals surface area contributed by atoms with Crippen LogP contribution in [0, 0.1) is 0 Å². The zero-order chi connectivity index (χ0) is 11.5. The Morgan fingerprint density at radius 2 is 1.93 bits per heavy atom. The summed E-state index contributed by atoms with van der Waals surface area (Å²) in [5.41, 5.74) is 10.9. The molecule has 0 radical (unpaired) electrons. The summed E-state index contributed by atoms with van der Waals surface area (Å²) >= 11 is 0. The zero-order valence-corrected chi connectivity index (χ0v) is 9.83. The van der Waals surface area contributed by atoms with Crippen molar-refractivity contribution in [3.8, 4) is 0 Å². The second-order valence-electron chi connectivity index (χ2n) is 5.05. The topological polar surface area (TPSA) is 72.3 Å². The van der Waals surface area contributed by atoms with E-state index in [-0.39, 0.29) is 11.4 Å². The van der Waals surface area contributed by atoms with E-state index in [1.54, 1.807) is 0 Å². The molecule has 88 valence electrons. The molecule has 1 fully saturated rings. The van der Waals surface area contributed by atoms with Gasteiger partial charge in [0.2, 0.25) is 5.91 Å². The van der Waals surface area contributed by atoms with Gasteiger partial charge in [-0.15, -0.1) is 0 Å². The van der Waals surface area contributed by atoms with Crippen LogP contribution in [0.15, 0.2) is 0 Å². The Bertz CT molecular complexity index is 222. The van der Waals surface area contributed by atoms with E-state index in [1.807, 2.05) is 0 Å². The Kier molecular flexibility index (Phi) is 4.11. The number of nitrogens with zero attached hydrogens (tertiary/aromatic N) is 1. The maximum absolute atomic E-state index is 11.1. The van der Waals surface area contributed by atoms with Gasteiger partial charge < -0.3 is 11.5 Å².